The first-order valence-electron chi connectivity index (χ1n) is 7.21. The van der Waals surface area contributed by atoms with Gasteiger partial charge in [0.05, 0.1) is 14.8 Å². The number of halogens is 10. The van der Waals surface area contributed by atoms with E-state index in [2.05, 4.69) is 4.74 Å². The van der Waals surface area contributed by atoms with E-state index in [1.54, 1.807) is 0 Å². The van der Waals surface area contributed by atoms with E-state index in [0.29, 0.717) is 17.0 Å². The molecule has 0 aliphatic rings. The third kappa shape index (κ3) is 5.02. The first kappa shape index (κ1) is 23.4. The third-order valence-electron chi connectivity index (χ3n) is 3.52. The Morgan fingerprint density at radius 2 is 1.66 bits per heavy atom. The lowest BCUT2D eigenvalue weighted by Gasteiger charge is -2.21. The van der Waals surface area contributed by atoms with Crippen molar-refractivity contribution in [3.05, 3.63) is 55.6 Å². The molecule has 0 fully saturated rings. The first-order chi connectivity index (χ1) is 13.1. The lowest BCUT2D eigenvalue weighted by atomic mass is 10.1. The predicted molar refractivity (Wildman–Crippen MR) is 95.0 cm³/mol. The van der Waals surface area contributed by atoms with E-state index in [0.717, 1.165) is 35.7 Å². The first-order valence-corrected chi connectivity index (χ1v) is 8.67. The van der Waals surface area contributed by atoms with Gasteiger partial charge >= 0.3 is 18.4 Å². The third-order valence-corrected chi connectivity index (χ3v) is 4.68. The van der Waals surface area contributed by atoms with Gasteiger partial charge in [0.1, 0.15) is 10.6 Å². The standard InChI is InChI=1S/C16H7ClF8INO2/c1-27(10-3-2-8(18)12(19)11(10)17)14(28)29-13-7(16(23,24)25)4-6(5-9(13)26)15(20,21)22/h2-5H,1H3. The van der Waals surface area contributed by atoms with Gasteiger partial charge in [-0.2, -0.15) is 26.3 Å². The highest BCUT2D eigenvalue weighted by atomic mass is 127. The Balaban J connectivity index is 2.48. The number of alkyl halides is 6. The molecule has 3 nitrogen and oxygen atoms in total. The largest absolute Gasteiger partial charge is 0.420 e. The summed E-state index contributed by atoms with van der Waals surface area (Å²) in [7, 11) is 0.936. The summed E-state index contributed by atoms with van der Waals surface area (Å²) in [6.45, 7) is 0. The molecule has 0 saturated heterocycles. The molecule has 13 heteroatoms. The number of hydrogen-bond donors (Lipinski definition) is 0. The summed E-state index contributed by atoms with van der Waals surface area (Å²) in [5.74, 6) is -4.03. The molecule has 0 bridgehead atoms. The van der Waals surface area contributed by atoms with Gasteiger partial charge in [0.15, 0.2) is 17.4 Å². The number of anilines is 1. The van der Waals surface area contributed by atoms with Crippen LogP contribution in [0.2, 0.25) is 5.02 Å². The minimum Gasteiger partial charge on any atom is -0.408 e. The maximum Gasteiger partial charge on any atom is 0.420 e. The highest BCUT2D eigenvalue weighted by Gasteiger charge is 2.41. The quantitative estimate of drug-likeness (QED) is 0.228. The fourth-order valence-electron chi connectivity index (χ4n) is 2.10. The van der Waals surface area contributed by atoms with Crippen LogP contribution in [0.4, 0.5) is 45.6 Å². The molecule has 2 rings (SSSR count). The summed E-state index contributed by atoms with van der Waals surface area (Å²) >= 11 is 6.72. The molecule has 0 N–H and O–H groups in total. The average Bonchev–Trinajstić information content (AvgIpc) is 2.58. The van der Waals surface area contributed by atoms with Gasteiger partial charge in [-0.15, -0.1) is 0 Å². The molecule has 158 valence electrons. The lowest BCUT2D eigenvalue weighted by molar-refractivity contribution is -0.143. The molecular weight excluding hydrogens is 553 g/mol. The second-order valence-corrected chi connectivity index (χ2v) is 6.99. The Labute approximate surface area is 176 Å². The van der Waals surface area contributed by atoms with Gasteiger partial charge in [0.25, 0.3) is 0 Å². The molecule has 0 spiro atoms. The van der Waals surface area contributed by atoms with Crippen LogP contribution in [-0.2, 0) is 12.4 Å². The number of rotatable bonds is 2. The zero-order valence-electron chi connectivity index (χ0n) is 13.9. The summed E-state index contributed by atoms with van der Waals surface area (Å²) in [6, 6.07) is 1.64. The van der Waals surface area contributed by atoms with Crippen LogP contribution in [0.3, 0.4) is 0 Å². The van der Waals surface area contributed by atoms with Crippen molar-refractivity contribution in [2.45, 2.75) is 12.4 Å². The number of carbonyl (C=O) groups excluding carboxylic acids is 1. The minimum atomic E-state index is -5.28. The van der Waals surface area contributed by atoms with Crippen LogP contribution in [0.5, 0.6) is 5.75 Å². The second-order valence-electron chi connectivity index (χ2n) is 5.45. The van der Waals surface area contributed by atoms with Gasteiger partial charge in [0, 0.05) is 7.05 Å². The van der Waals surface area contributed by atoms with Crippen molar-refractivity contribution in [2.75, 3.05) is 11.9 Å². The summed E-state index contributed by atoms with van der Waals surface area (Å²) in [6.07, 6.45) is -11.9. The fraction of sp³-hybridized carbons (Fsp3) is 0.188. The van der Waals surface area contributed by atoms with E-state index in [9.17, 15) is 39.9 Å². The van der Waals surface area contributed by atoms with Crippen LogP contribution in [-0.4, -0.2) is 13.1 Å². The molecular formula is C16H7ClF8INO2. The topological polar surface area (TPSA) is 29.5 Å². The fourth-order valence-corrected chi connectivity index (χ4v) is 3.12. The average molecular weight is 560 g/mol. The molecule has 0 aliphatic carbocycles. The normalized spacial score (nSPS) is 12.1. The van der Waals surface area contributed by atoms with Crippen molar-refractivity contribution in [1.29, 1.82) is 0 Å². The molecule has 0 unspecified atom stereocenters. The maximum absolute atomic E-state index is 13.5. The highest BCUT2D eigenvalue weighted by molar-refractivity contribution is 14.1. The van der Waals surface area contributed by atoms with E-state index in [4.69, 9.17) is 11.6 Å². The van der Waals surface area contributed by atoms with E-state index >= 15 is 0 Å². The molecule has 0 saturated carbocycles. The molecule has 0 atom stereocenters. The Morgan fingerprint density at radius 1 is 1.07 bits per heavy atom. The van der Waals surface area contributed by atoms with Gasteiger partial charge in [-0.3, -0.25) is 4.90 Å². The minimum absolute atomic E-state index is 0.199. The van der Waals surface area contributed by atoms with Crippen LogP contribution >= 0.6 is 34.2 Å². The number of benzene rings is 2. The molecule has 1 amide bonds. The monoisotopic (exact) mass is 559 g/mol. The van der Waals surface area contributed by atoms with Crippen LogP contribution in [0.1, 0.15) is 11.1 Å². The molecule has 0 heterocycles. The van der Waals surface area contributed by atoms with Gasteiger partial charge in [0.2, 0.25) is 0 Å². The summed E-state index contributed by atoms with van der Waals surface area (Å²) in [5.41, 5.74) is -3.87. The number of hydrogen-bond acceptors (Lipinski definition) is 2. The van der Waals surface area contributed by atoms with Crippen LogP contribution in [0.25, 0.3) is 0 Å². The van der Waals surface area contributed by atoms with Gasteiger partial charge in [-0.1, -0.05) is 11.6 Å². The predicted octanol–water partition coefficient (Wildman–Crippen LogP) is 6.90. The Kier molecular flexibility index (Phi) is 6.57. The van der Waals surface area contributed by atoms with E-state index in [1.807, 2.05) is 0 Å². The molecule has 2 aromatic carbocycles. The number of amides is 1. The Morgan fingerprint density at radius 3 is 2.17 bits per heavy atom. The van der Waals surface area contributed by atoms with Gasteiger partial charge < -0.3 is 4.74 Å². The summed E-state index contributed by atoms with van der Waals surface area (Å²) in [4.78, 5) is 12.7. The van der Waals surface area contributed by atoms with Gasteiger partial charge in [-0.05, 0) is 46.9 Å². The van der Waals surface area contributed by atoms with Crippen molar-refractivity contribution >= 4 is 46.0 Å². The van der Waals surface area contributed by atoms with Crippen LogP contribution in [0, 0.1) is 15.2 Å². The van der Waals surface area contributed by atoms with Crippen molar-refractivity contribution in [3.8, 4) is 5.75 Å². The van der Waals surface area contributed by atoms with Crippen molar-refractivity contribution in [1.82, 2.24) is 0 Å². The molecule has 2 aromatic rings. The number of nitrogens with zero attached hydrogens (tertiary/aromatic N) is 1. The smallest absolute Gasteiger partial charge is 0.408 e. The zero-order chi connectivity index (χ0) is 22.3. The lowest BCUT2D eigenvalue weighted by Crippen LogP contribution is -2.31. The zero-order valence-corrected chi connectivity index (χ0v) is 16.8. The highest BCUT2D eigenvalue weighted by Crippen LogP contribution is 2.43. The molecule has 0 aliphatic heterocycles. The Bertz CT molecular complexity index is 961. The summed E-state index contributed by atoms with van der Waals surface area (Å²) < 4.78 is 109. The molecule has 0 aromatic heterocycles. The van der Waals surface area contributed by atoms with Crippen molar-refractivity contribution in [2.24, 2.45) is 0 Å². The Hall–Kier alpha value is -1.83. The van der Waals surface area contributed by atoms with E-state index in [1.165, 1.54) is 0 Å². The van der Waals surface area contributed by atoms with E-state index < -0.39 is 61.2 Å². The van der Waals surface area contributed by atoms with E-state index in [-0.39, 0.29) is 6.07 Å². The molecule has 0 radical (unpaired) electrons. The van der Waals surface area contributed by atoms with Crippen molar-refractivity contribution in [3.63, 3.8) is 0 Å². The van der Waals surface area contributed by atoms with Crippen LogP contribution in [0.15, 0.2) is 24.3 Å². The molecule has 29 heavy (non-hydrogen) atoms. The number of ether oxygens (including phenoxy) is 1. The summed E-state index contributed by atoms with van der Waals surface area (Å²) in [5, 5.41) is -0.845. The second kappa shape index (κ2) is 8.13. The number of carbonyl (C=O) groups is 1. The van der Waals surface area contributed by atoms with Gasteiger partial charge in [-0.25, -0.2) is 13.6 Å². The maximum atomic E-state index is 13.5. The SMILES string of the molecule is CN(C(=O)Oc1c(I)cc(C(F)(F)F)cc1C(F)(F)F)c1ccc(F)c(F)c1Cl. The van der Waals surface area contributed by atoms with Crippen LogP contribution < -0.4 is 9.64 Å². The van der Waals surface area contributed by atoms with Crippen molar-refractivity contribution < 1.29 is 44.7 Å².